The molecule has 42 heavy (non-hydrogen) atoms. The van der Waals surface area contributed by atoms with Crippen LogP contribution < -0.4 is 11.0 Å². The van der Waals surface area contributed by atoms with E-state index >= 15 is 0 Å². The average Bonchev–Trinajstić information content (AvgIpc) is 3.63. The van der Waals surface area contributed by atoms with E-state index in [1.54, 1.807) is 19.2 Å². The largest absolute Gasteiger partial charge is 0.416 e. The third-order valence-electron chi connectivity index (χ3n) is 6.58. The summed E-state index contributed by atoms with van der Waals surface area (Å²) in [6.45, 7) is -1.12. The van der Waals surface area contributed by atoms with Gasteiger partial charge in [0, 0.05) is 36.8 Å². The Morgan fingerprint density at radius 3 is 2.57 bits per heavy atom. The lowest BCUT2D eigenvalue weighted by molar-refractivity contribution is -0.207. The Morgan fingerprint density at radius 1 is 1.17 bits per heavy atom. The second-order valence-electron chi connectivity index (χ2n) is 9.58. The number of benzene rings is 1. The maximum atomic E-state index is 13.1. The van der Waals surface area contributed by atoms with E-state index in [-0.39, 0.29) is 48.8 Å². The monoisotopic (exact) mass is 605 g/mol. The minimum absolute atomic E-state index is 0.0740. The lowest BCUT2D eigenvalue weighted by Gasteiger charge is -2.15. The van der Waals surface area contributed by atoms with Gasteiger partial charge in [-0.25, -0.2) is 24.1 Å². The zero-order valence-electron chi connectivity index (χ0n) is 21.9. The smallest absolute Gasteiger partial charge is 0.382 e. The highest BCUT2D eigenvalue weighted by Gasteiger charge is 2.39. The first-order valence-electron chi connectivity index (χ1n) is 12.5. The van der Waals surface area contributed by atoms with E-state index in [2.05, 4.69) is 25.5 Å². The molecule has 1 saturated heterocycles. The standard InChI is InChI=1S/C25H23ClF3N9O4/c1-35-10-15(9-20(35)40)23(41)32-21-17(3-2-8-30-21)38-13-31-19(33-38)12-37-24(42)36(11-18(39)25(27,28)29)22(34-37)14-4-6-16(26)7-5-14/h2-8,13,15,18,39H,9-12H2,1H3,(H,30,32,41)/t15?,18-/m0/s1. The molecule has 1 aliphatic heterocycles. The highest BCUT2D eigenvalue weighted by atomic mass is 35.5. The molecule has 2 N–H and O–H groups in total. The molecule has 1 unspecified atom stereocenters. The van der Waals surface area contributed by atoms with Gasteiger partial charge in [-0.3, -0.25) is 14.2 Å². The van der Waals surface area contributed by atoms with Crippen LogP contribution in [0.25, 0.3) is 17.1 Å². The maximum absolute atomic E-state index is 13.1. The molecular weight excluding hydrogens is 583 g/mol. The Morgan fingerprint density at radius 2 is 1.90 bits per heavy atom. The van der Waals surface area contributed by atoms with Crippen LogP contribution in [0.4, 0.5) is 19.0 Å². The highest BCUT2D eigenvalue weighted by Crippen LogP contribution is 2.25. The molecule has 220 valence electrons. The number of aromatic nitrogens is 7. The molecular formula is C25H23ClF3N9O4. The SMILES string of the molecule is CN1CC(C(=O)Nc2ncccc2-n2cnc(Cn3nc(-c4ccc(Cl)cc4)n(C[C@H](O)C(F)(F)F)c3=O)n2)CC1=O. The number of pyridine rings is 1. The molecule has 0 radical (unpaired) electrons. The molecule has 1 aliphatic rings. The van der Waals surface area contributed by atoms with Crippen LogP contribution in [0.1, 0.15) is 12.2 Å². The third-order valence-corrected chi connectivity index (χ3v) is 6.83. The number of hydrogen-bond acceptors (Lipinski definition) is 8. The zero-order chi connectivity index (χ0) is 30.2. The molecule has 4 heterocycles. The van der Waals surface area contributed by atoms with Crippen molar-refractivity contribution in [1.29, 1.82) is 0 Å². The van der Waals surface area contributed by atoms with Gasteiger partial charge in [-0.1, -0.05) is 11.6 Å². The van der Waals surface area contributed by atoms with Crippen LogP contribution in [0.3, 0.4) is 0 Å². The summed E-state index contributed by atoms with van der Waals surface area (Å²) in [5.74, 6) is -0.953. The van der Waals surface area contributed by atoms with Crippen LogP contribution in [-0.4, -0.2) is 81.8 Å². The minimum atomic E-state index is -4.96. The van der Waals surface area contributed by atoms with Crippen LogP contribution in [0.2, 0.25) is 5.02 Å². The van der Waals surface area contributed by atoms with Gasteiger partial charge in [0.25, 0.3) is 0 Å². The number of alkyl halides is 3. The number of anilines is 1. The van der Waals surface area contributed by atoms with Gasteiger partial charge in [0.15, 0.2) is 23.6 Å². The van der Waals surface area contributed by atoms with Crippen molar-refractivity contribution < 1.29 is 27.9 Å². The number of halogens is 4. The number of aliphatic hydroxyl groups excluding tert-OH is 1. The Hall–Kier alpha value is -4.57. The first-order chi connectivity index (χ1) is 19.9. The predicted molar refractivity (Wildman–Crippen MR) is 142 cm³/mol. The number of likely N-dealkylation sites (tertiary alicyclic amines) is 1. The van der Waals surface area contributed by atoms with Crippen molar-refractivity contribution in [2.75, 3.05) is 18.9 Å². The van der Waals surface area contributed by atoms with E-state index in [1.165, 1.54) is 46.4 Å². The maximum Gasteiger partial charge on any atom is 0.416 e. The molecule has 13 nitrogen and oxygen atoms in total. The fraction of sp³-hybridized carbons (Fsp3) is 0.320. The minimum Gasteiger partial charge on any atom is -0.382 e. The van der Waals surface area contributed by atoms with Crippen molar-refractivity contribution in [3.8, 4) is 17.1 Å². The number of hydrogen-bond donors (Lipinski definition) is 2. The van der Waals surface area contributed by atoms with E-state index in [0.717, 1.165) is 9.25 Å². The summed E-state index contributed by atoms with van der Waals surface area (Å²) < 4.78 is 42.3. The third kappa shape index (κ3) is 6.03. The van der Waals surface area contributed by atoms with Gasteiger partial charge in [0.05, 0.1) is 12.5 Å². The quantitative estimate of drug-likeness (QED) is 0.308. The van der Waals surface area contributed by atoms with E-state index in [9.17, 15) is 32.7 Å². The van der Waals surface area contributed by atoms with Gasteiger partial charge >= 0.3 is 11.9 Å². The van der Waals surface area contributed by atoms with Gasteiger partial charge in [-0.05, 0) is 36.4 Å². The van der Waals surface area contributed by atoms with Crippen LogP contribution in [0.15, 0.2) is 53.7 Å². The van der Waals surface area contributed by atoms with Gasteiger partial charge in [-0.15, -0.1) is 10.2 Å². The van der Waals surface area contributed by atoms with Gasteiger partial charge < -0.3 is 15.3 Å². The molecule has 17 heteroatoms. The highest BCUT2D eigenvalue weighted by molar-refractivity contribution is 6.30. The lowest BCUT2D eigenvalue weighted by Crippen LogP contribution is -2.37. The van der Waals surface area contributed by atoms with Crippen LogP contribution in [0.5, 0.6) is 0 Å². The molecule has 2 amide bonds. The molecule has 1 aromatic carbocycles. The van der Waals surface area contributed by atoms with Crippen LogP contribution in [0, 0.1) is 5.92 Å². The van der Waals surface area contributed by atoms with E-state index in [1.807, 2.05) is 0 Å². The number of carbonyl (C=O) groups is 2. The summed E-state index contributed by atoms with van der Waals surface area (Å²) in [4.78, 5) is 47.6. The molecule has 0 spiro atoms. The number of aliphatic hydroxyl groups is 1. The number of rotatable bonds is 8. The summed E-state index contributed by atoms with van der Waals surface area (Å²) in [5.41, 5.74) is -0.283. The number of amides is 2. The second-order valence-corrected chi connectivity index (χ2v) is 10.0. The summed E-state index contributed by atoms with van der Waals surface area (Å²) in [6, 6.07) is 9.16. The fourth-order valence-electron chi connectivity index (χ4n) is 4.35. The summed E-state index contributed by atoms with van der Waals surface area (Å²) in [7, 11) is 1.62. The number of nitrogens with zero attached hydrogens (tertiary/aromatic N) is 8. The van der Waals surface area contributed by atoms with Crippen LogP contribution in [-0.2, 0) is 22.7 Å². The summed E-state index contributed by atoms with van der Waals surface area (Å²) in [5, 5.41) is 21.3. The summed E-state index contributed by atoms with van der Waals surface area (Å²) >= 11 is 5.92. The van der Waals surface area contributed by atoms with E-state index < -0.39 is 30.4 Å². The van der Waals surface area contributed by atoms with E-state index in [4.69, 9.17) is 11.6 Å². The van der Waals surface area contributed by atoms with Crippen LogP contribution >= 0.6 is 11.6 Å². The van der Waals surface area contributed by atoms with Crippen molar-refractivity contribution in [2.45, 2.75) is 31.8 Å². The Balaban J connectivity index is 1.41. The van der Waals surface area contributed by atoms with E-state index in [0.29, 0.717) is 16.3 Å². The Kier molecular flexibility index (Phi) is 7.83. The molecule has 5 rings (SSSR count). The van der Waals surface area contributed by atoms with Crippen molar-refractivity contribution in [3.05, 3.63) is 70.3 Å². The first kappa shape index (κ1) is 28.9. The number of nitrogens with one attached hydrogen (secondary N) is 1. The van der Waals surface area contributed by atoms with Crippen molar-refractivity contribution in [3.63, 3.8) is 0 Å². The zero-order valence-corrected chi connectivity index (χ0v) is 22.6. The molecule has 3 aromatic heterocycles. The average molecular weight is 606 g/mol. The Bertz CT molecular complexity index is 1680. The Labute approximate surface area is 240 Å². The van der Waals surface area contributed by atoms with Crippen molar-refractivity contribution in [2.24, 2.45) is 5.92 Å². The fourth-order valence-corrected chi connectivity index (χ4v) is 4.48. The topological polar surface area (TPSA) is 153 Å². The molecule has 4 aromatic rings. The predicted octanol–water partition coefficient (Wildman–Crippen LogP) is 1.73. The van der Waals surface area contributed by atoms with Crippen molar-refractivity contribution >= 4 is 29.2 Å². The number of carbonyl (C=O) groups excluding carboxylic acids is 2. The molecule has 0 aliphatic carbocycles. The first-order valence-corrected chi connectivity index (χ1v) is 12.9. The van der Waals surface area contributed by atoms with Gasteiger partial charge in [0.2, 0.25) is 11.8 Å². The molecule has 0 bridgehead atoms. The lowest BCUT2D eigenvalue weighted by atomic mass is 10.1. The summed E-state index contributed by atoms with van der Waals surface area (Å²) in [6.07, 6.45) is -4.91. The van der Waals surface area contributed by atoms with Gasteiger partial charge in [0.1, 0.15) is 18.6 Å². The van der Waals surface area contributed by atoms with Crippen molar-refractivity contribution in [1.82, 2.24) is 39.0 Å². The van der Waals surface area contributed by atoms with Gasteiger partial charge in [-0.2, -0.15) is 13.2 Å². The molecule has 1 fully saturated rings. The molecule has 0 saturated carbocycles. The molecule has 2 atom stereocenters. The second kappa shape index (κ2) is 11.4. The normalized spacial score (nSPS) is 16.2.